The fraction of sp³-hybridized carbons (Fsp3) is 0.400. The third-order valence-electron chi connectivity index (χ3n) is 1.19. The molecule has 0 bridgehead atoms. The van der Waals surface area contributed by atoms with Gasteiger partial charge in [0.1, 0.15) is 6.26 Å². The van der Waals surface area contributed by atoms with Crippen molar-refractivity contribution < 1.29 is 4.52 Å². The summed E-state index contributed by atoms with van der Waals surface area (Å²) in [5.74, 6) is 2.00. The van der Waals surface area contributed by atoms with Crippen molar-refractivity contribution in [2.45, 2.75) is 4.90 Å². The molecule has 2 heterocycles. The van der Waals surface area contributed by atoms with Crippen molar-refractivity contribution in [3.8, 4) is 0 Å². The Kier molecular flexibility index (Phi) is 1.12. The van der Waals surface area contributed by atoms with Crippen molar-refractivity contribution in [2.75, 3.05) is 17.6 Å². The second-order valence-corrected chi connectivity index (χ2v) is 2.94. The molecule has 3 nitrogen and oxygen atoms in total. The first-order valence-corrected chi connectivity index (χ1v) is 3.76. The zero-order chi connectivity index (χ0) is 6.10. The van der Waals surface area contributed by atoms with E-state index in [1.54, 1.807) is 18.0 Å². The number of anilines is 1. The molecule has 1 N–H and O–H groups in total. The van der Waals surface area contributed by atoms with Crippen LogP contribution < -0.4 is 5.32 Å². The Morgan fingerprint density at radius 2 is 2.78 bits per heavy atom. The van der Waals surface area contributed by atoms with Gasteiger partial charge in [-0.15, -0.1) is 11.8 Å². The van der Waals surface area contributed by atoms with Gasteiger partial charge in [-0.3, -0.25) is 0 Å². The van der Waals surface area contributed by atoms with Gasteiger partial charge in [0.25, 0.3) is 0 Å². The van der Waals surface area contributed by atoms with E-state index in [4.69, 9.17) is 4.52 Å². The zero-order valence-corrected chi connectivity index (χ0v) is 5.57. The van der Waals surface area contributed by atoms with E-state index in [2.05, 4.69) is 10.5 Å². The fourth-order valence-corrected chi connectivity index (χ4v) is 1.56. The second-order valence-electron chi connectivity index (χ2n) is 1.80. The monoisotopic (exact) mass is 142 g/mol. The first kappa shape index (κ1) is 5.17. The molecule has 48 valence electrons. The molecular weight excluding hydrogens is 136 g/mol. The quantitative estimate of drug-likeness (QED) is 0.590. The third kappa shape index (κ3) is 0.790. The Bertz CT molecular complexity index is 190. The number of rotatable bonds is 0. The maximum Gasteiger partial charge on any atom is 0.183 e. The van der Waals surface area contributed by atoms with E-state index in [1.807, 2.05) is 0 Å². The van der Waals surface area contributed by atoms with Gasteiger partial charge in [0, 0.05) is 12.3 Å². The Balaban J connectivity index is 2.39. The summed E-state index contributed by atoms with van der Waals surface area (Å²) in [6, 6.07) is 0. The summed E-state index contributed by atoms with van der Waals surface area (Å²) in [4.78, 5) is 1.13. The number of nitrogens with zero attached hydrogens (tertiary/aromatic N) is 1. The van der Waals surface area contributed by atoms with Crippen molar-refractivity contribution in [3.05, 3.63) is 6.26 Å². The van der Waals surface area contributed by atoms with Crippen LogP contribution in [0.3, 0.4) is 0 Å². The Hall–Kier alpha value is -0.640. The van der Waals surface area contributed by atoms with Gasteiger partial charge in [-0.2, -0.15) is 0 Å². The van der Waals surface area contributed by atoms with Gasteiger partial charge in [-0.1, -0.05) is 5.16 Å². The van der Waals surface area contributed by atoms with Gasteiger partial charge in [-0.05, 0) is 0 Å². The van der Waals surface area contributed by atoms with Crippen LogP contribution in [-0.4, -0.2) is 17.5 Å². The standard InChI is InChI=1S/C5H6N2OS/c1-2-9-4-3-8-7-5(4)6-1/h3H,1-2H2,(H,6,7). The third-order valence-corrected chi connectivity index (χ3v) is 2.20. The molecule has 0 fully saturated rings. The normalized spacial score (nSPS) is 16.4. The summed E-state index contributed by atoms with van der Waals surface area (Å²) in [6.07, 6.45) is 1.67. The van der Waals surface area contributed by atoms with Crippen molar-refractivity contribution in [3.63, 3.8) is 0 Å². The van der Waals surface area contributed by atoms with Crippen molar-refractivity contribution >= 4 is 17.6 Å². The van der Waals surface area contributed by atoms with Crippen LogP contribution in [0.1, 0.15) is 0 Å². The summed E-state index contributed by atoms with van der Waals surface area (Å²) in [6.45, 7) is 0.990. The number of hydrogen-bond acceptors (Lipinski definition) is 4. The van der Waals surface area contributed by atoms with E-state index in [0.29, 0.717) is 0 Å². The van der Waals surface area contributed by atoms with Crippen molar-refractivity contribution in [1.29, 1.82) is 0 Å². The maximum absolute atomic E-state index is 4.73. The minimum absolute atomic E-state index is 0.895. The Labute approximate surface area is 56.8 Å². The van der Waals surface area contributed by atoms with Crippen LogP contribution in [0.15, 0.2) is 15.7 Å². The van der Waals surface area contributed by atoms with Crippen LogP contribution in [0.4, 0.5) is 5.82 Å². The number of nitrogens with one attached hydrogen (secondary N) is 1. The molecule has 1 aliphatic rings. The summed E-state index contributed by atoms with van der Waals surface area (Å²) in [5, 5.41) is 6.87. The molecule has 0 aromatic carbocycles. The van der Waals surface area contributed by atoms with E-state index in [-0.39, 0.29) is 0 Å². The minimum atomic E-state index is 0.895. The minimum Gasteiger partial charge on any atom is -0.365 e. The number of thioether (sulfide) groups is 1. The van der Waals surface area contributed by atoms with Gasteiger partial charge >= 0.3 is 0 Å². The van der Waals surface area contributed by atoms with Crippen LogP contribution in [0.5, 0.6) is 0 Å². The molecule has 1 aromatic heterocycles. The van der Waals surface area contributed by atoms with E-state index in [1.165, 1.54) is 0 Å². The zero-order valence-electron chi connectivity index (χ0n) is 4.76. The Morgan fingerprint density at radius 1 is 1.78 bits per heavy atom. The largest absolute Gasteiger partial charge is 0.365 e. The molecule has 1 aliphatic heterocycles. The van der Waals surface area contributed by atoms with Gasteiger partial charge in [0.15, 0.2) is 5.82 Å². The van der Waals surface area contributed by atoms with E-state index in [0.717, 1.165) is 23.0 Å². The van der Waals surface area contributed by atoms with Crippen LogP contribution in [0.2, 0.25) is 0 Å². The highest BCUT2D eigenvalue weighted by atomic mass is 32.2. The Morgan fingerprint density at radius 3 is 3.67 bits per heavy atom. The number of fused-ring (bicyclic) bond motifs is 1. The summed E-state index contributed by atoms with van der Waals surface area (Å²) >= 11 is 1.78. The van der Waals surface area contributed by atoms with E-state index in [9.17, 15) is 0 Å². The van der Waals surface area contributed by atoms with Gasteiger partial charge in [0.05, 0.1) is 4.90 Å². The van der Waals surface area contributed by atoms with E-state index < -0.39 is 0 Å². The molecule has 0 unspecified atom stereocenters. The lowest BCUT2D eigenvalue weighted by Crippen LogP contribution is -2.08. The van der Waals surface area contributed by atoms with Crippen LogP contribution in [-0.2, 0) is 0 Å². The van der Waals surface area contributed by atoms with Gasteiger partial charge in [-0.25, -0.2) is 0 Å². The lowest BCUT2D eigenvalue weighted by molar-refractivity contribution is 0.420. The molecule has 0 aliphatic carbocycles. The molecule has 0 atom stereocenters. The highest BCUT2D eigenvalue weighted by molar-refractivity contribution is 7.99. The summed E-state index contributed by atoms with van der Waals surface area (Å²) < 4.78 is 4.73. The molecule has 0 saturated heterocycles. The van der Waals surface area contributed by atoms with Crippen molar-refractivity contribution in [1.82, 2.24) is 5.16 Å². The fourth-order valence-electron chi connectivity index (χ4n) is 0.780. The SMILES string of the molecule is c1onc2c1SCCN2. The highest BCUT2D eigenvalue weighted by Gasteiger charge is 2.11. The average molecular weight is 142 g/mol. The predicted molar refractivity (Wildman–Crippen MR) is 35.7 cm³/mol. The lowest BCUT2D eigenvalue weighted by atomic mass is 10.6. The molecule has 2 rings (SSSR count). The van der Waals surface area contributed by atoms with Crippen LogP contribution >= 0.6 is 11.8 Å². The number of hydrogen-bond donors (Lipinski definition) is 1. The maximum atomic E-state index is 4.73. The van der Waals surface area contributed by atoms with Gasteiger partial charge < -0.3 is 9.84 Å². The van der Waals surface area contributed by atoms with Crippen molar-refractivity contribution in [2.24, 2.45) is 0 Å². The molecule has 0 spiro atoms. The number of aromatic nitrogens is 1. The topological polar surface area (TPSA) is 38.1 Å². The van der Waals surface area contributed by atoms with Crippen LogP contribution in [0.25, 0.3) is 0 Å². The lowest BCUT2D eigenvalue weighted by Gasteiger charge is -2.08. The second kappa shape index (κ2) is 1.95. The van der Waals surface area contributed by atoms with E-state index >= 15 is 0 Å². The highest BCUT2D eigenvalue weighted by Crippen LogP contribution is 2.28. The molecular formula is C5H6N2OS. The molecule has 1 aromatic rings. The molecule has 0 saturated carbocycles. The van der Waals surface area contributed by atoms with Crippen LogP contribution in [0, 0.1) is 0 Å². The smallest absolute Gasteiger partial charge is 0.183 e. The summed E-state index contributed by atoms with van der Waals surface area (Å²) in [5.41, 5.74) is 0. The average Bonchev–Trinajstić information content (AvgIpc) is 2.33. The summed E-state index contributed by atoms with van der Waals surface area (Å²) in [7, 11) is 0. The molecule has 0 radical (unpaired) electrons. The molecule has 4 heteroatoms. The molecule has 9 heavy (non-hydrogen) atoms. The first-order valence-electron chi connectivity index (χ1n) is 2.78. The predicted octanol–water partition coefficient (Wildman–Crippen LogP) is 1.19. The van der Waals surface area contributed by atoms with Gasteiger partial charge in [0.2, 0.25) is 0 Å². The first-order chi connectivity index (χ1) is 4.47. The molecule has 0 amide bonds.